The van der Waals surface area contributed by atoms with Crippen molar-refractivity contribution >= 4 is 33.8 Å². The van der Waals surface area contributed by atoms with Gasteiger partial charge in [0.15, 0.2) is 11.5 Å². The van der Waals surface area contributed by atoms with E-state index in [0.717, 1.165) is 35.4 Å². The molecule has 2 atom stereocenters. The Morgan fingerprint density at radius 1 is 1.36 bits per heavy atom. The molecular formula is C18H19ClN2O3S. The summed E-state index contributed by atoms with van der Waals surface area (Å²) in [5, 5.41) is 17.4. The van der Waals surface area contributed by atoms with Gasteiger partial charge in [-0.3, -0.25) is 4.79 Å². The number of hydrogen-bond acceptors (Lipinski definition) is 5. The average molecular weight is 379 g/mol. The fraction of sp³-hybridized carbons (Fsp3) is 0.389. The van der Waals surface area contributed by atoms with Crippen LogP contribution in [-0.2, 0) is 12.8 Å². The Labute approximate surface area is 155 Å². The number of ether oxygens (including phenoxy) is 1. The Balaban J connectivity index is 1.71. The summed E-state index contributed by atoms with van der Waals surface area (Å²) in [5.41, 5.74) is 2.72. The molecule has 4 rings (SSSR count). The van der Waals surface area contributed by atoms with Gasteiger partial charge in [-0.1, -0.05) is 18.5 Å². The monoisotopic (exact) mass is 378 g/mol. The van der Waals surface area contributed by atoms with E-state index < -0.39 is 6.17 Å². The molecule has 132 valence electrons. The van der Waals surface area contributed by atoms with E-state index in [1.54, 1.807) is 23.5 Å². The standard InChI is InChI=1S/C18H19ClN2O3S/c1-8-3-4-10-13(5-8)25-18-14(10)17(23)20-16(21-18)9-6-11(19)15(22)12(7-9)24-2/h6-8,16,21-22H,3-5H2,1-2H3,(H,20,23)/t8-,16+/m1/s1. The predicted molar refractivity (Wildman–Crippen MR) is 99.0 cm³/mol. The largest absolute Gasteiger partial charge is 0.503 e. The van der Waals surface area contributed by atoms with Crippen LogP contribution < -0.4 is 15.4 Å². The number of hydrogen-bond donors (Lipinski definition) is 3. The number of amides is 1. The van der Waals surface area contributed by atoms with Gasteiger partial charge in [-0.25, -0.2) is 0 Å². The molecule has 2 aliphatic rings. The van der Waals surface area contributed by atoms with E-state index in [1.807, 2.05) is 0 Å². The maximum absolute atomic E-state index is 12.7. The van der Waals surface area contributed by atoms with Crippen LogP contribution in [0.3, 0.4) is 0 Å². The minimum atomic E-state index is -0.412. The van der Waals surface area contributed by atoms with E-state index >= 15 is 0 Å². The molecule has 0 fully saturated rings. The molecule has 1 amide bonds. The summed E-state index contributed by atoms with van der Waals surface area (Å²) in [6, 6.07) is 3.32. The van der Waals surface area contributed by atoms with Crippen LogP contribution in [0.1, 0.15) is 45.9 Å². The smallest absolute Gasteiger partial charge is 0.256 e. The molecule has 5 nitrogen and oxygen atoms in total. The molecule has 1 aromatic carbocycles. The van der Waals surface area contributed by atoms with Gasteiger partial charge in [-0.2, -0.15) is 0 Å². The second kappa shape index (κ2) is 6.11. The topological polar surface area (TPSA) is 70.6 Å². The van der Waals surface area contributed by atoms with Gasteiger partial charge in [0.05, 0.1) is 17.7 Å². The molecule has 0 bridgehead atoms. The van der Waals surface area contributed by atoms with Crippen molar-refractivity contribution in [1.29, 1.82) is 0 Å². The van der Waals surface area contributed by atoms with Crippen molar-refractivity contribution in [2.75, 3.05) is 12.4 Å². The van der Waals surface area contributed by atoms with Crippen LogP contribution in [0.15, 0.2) is 12.1 Å². The van der Waals surface area contributed by atoms with Crippen molar-refractivity contribution in [2.24, 2.45) is 5.92 Å². The van der Waals surface area contributed by atoms with Gasteiger partial charge in [0.25, 0.3) is 5.91 Å². The second-order valence-corrected chi connectivity index (χ2v) is 8.17. The highest BCUT2D eigenvalue weighted by atomic mass is 35.5. The summed E-state index contributed by atoms with van der Waals surface area (Å²) >= 11 is 7.76. The molecule has 1 aromatic heterocycles. The quantitative estimate of drug-likeness (QED) is 0.736. The summed E-state index contributed by atoms with van der Waals surface area (Å²) in [4.78, 5) is 14.0. The van der Waals surface area contributed by atoms with E-state index in [4.69, 9.17) is 16.3 Å². The molecular weight excluding hydrogens is 360 g/mol. The molecule has 1 aliphatic heterocycles. The average Bonchev–Trinajstić information content (AvgIpc) is 2.94. The first kappa shape index (κ1) is 16.5. The van der Waals surface area contributed by atoms with Crippen LogP contribution in [0, 0.1) is 5.92 Å². The molecule has 2 heterocycles. The fourth-order valence-electron chi connectivity index (χ4n) is 3.55. The van der Waals surface area contributed by atoms with E-state index in [0.29, 0.717) is 5.92 Å². The number of methoxy groups -OCH3 is 1. The van der Waals surface area contributed by atoms with Gasteiger partial charge in [-0.05, 0) is 48.4 Å². The lowest BCUT2D eigenvalue weighted by atomic mass is 9.88. The molecule has 0 unspecified atom stereocenters. The van der Waals surface area contributed by atoms with Crippen molar-refractivity contribution in [2.45, 2.75) is 32.4 Å². The zero-order chi connectivity index (χ0) is 17.7. The van der Waals surface area contributed by atoms with Gasteiger partial charge in [0.2, 0.25) is 0 Å². The van der Waals surface area contributed by atoms with E-state index in [1.165, 1.54) is 17.6 Å². The number of phenols is 1. The van der Waals surface area contributed by atoms with Gasteiger partial charge in [-0.15, -0.1) is 11.3 Å². The minimum Gasteiger partial charge on any atom is -0.503 e. The SMILES string of the molecule is COc1cc([C@H]2NC(=O)c3c(sc4c3CC[C@@H](C)C4)N2)cc(Cl)c1O. The van der Waals surface area contributed by atoms with Crippen molar-refractivity contribution in [3.8, 4) is 11.5 Å². The maximum Gasteiger partial charge on any atom is 0.256 e. The number of aromatic hydroxyl groups is 1. The molecule has 0 spiro atoms. The summed E-state index contributed by atoms with van der Waals surface area (Å²) < 4.78 is 5.16. The van der Waals surface area contributed by atoms with E-state index in [2.05, 4.69) is 17.6 Å². The summed E-state index contributed by atoms with van der Waals surface area (Å²) in [7, 11) is 1.47. The number of carbonyl (C=O) groups is 1. The number of halogens is 1. The lowest BCUT2D eigenvalue weighted by molar-refractivity contribution is 0.0935. The number of fused-ring (bicyclic) bond motifs is 3. The molecule has 0 saturated carbocycles. The van der Waals surface area contributed by atoms with E-state index in [-0.39, 0.29) is 22.4 Å². The number of phenolic OH excluding ortho intramolecular Hbond substituents is 1. The van der Waals surface area contributed by atoms with Crippen LogP contribution in [0.4, 0.5) is 5.00 Å². The Hall–Kier alpha value is -1.92. The third kappa shape index (κ3) is 2.73. The number of rotatable bonds is 2. The molecule has 1 aliphatic carbocycles. The maximum atomic E-state index is 12.7. The first-order valence-corrected chi connectivity index (χ1v) is 9.45. The van der Waals surface area contributed by atoms with Crippen LogP contribution in [0.5, 0.6) is 11.5 Å². The van der Waals surface area contributed by atoms with Crippen molar-refractivity contribution in [1.82, 2.24) is 5.32 Å². The molecule has 2 aromatic rings. The van der Waals surface area contributed by atoms with Crippen LogP contribution in [-0.4, -0.2) is 18.1 Å². The number of nitrogens with one attached hydrogen (secondary N) is 2. The zero-order valence-corrected chi connectivity index (χ0v) is 15.6. The Morgan fingerprint density at radius 3 is 2.92 bits per heavy atom. The molecule has 0 saturated heterocycles. The Morgan fingerprint density at radius 2 is 2.16 bits per heavy atom. The first-order chi connectivity index (χ1) is 12.0. The van der Waals surface area contributed by atoms with Crippen molar-refractivity contribution < 1.29 is 14.6 Å². The lowest BCUT2D eigenvalue weighted by Crippen LogP contribution is -2.38. The van der Waals surface area contributed by atoms with Crippen molar-refractivity contribution in [3.63, 3.8) is 0 Å². The lowest BCUT2D eigenvalue weighted by Gasteiger charge is -2.27. The third-order valence-corrected chi connectivity index (χ3v) is 6.37. The van der Waals surface area contributed by atoms with Crippen LogP contribution >= 0.6 is 22.9 Å². The minimum absolute atomic E-state index is 0.0611. The van der Waals surface area contributed by atoms with Gasteiger partial charge in [0, 0.05) is 4.88 Å². The third-order valence-electron chi connectivity index (χ3n) is 4.89. The number of carbonyl (C=O) groups excluding carboxylic acids is 1. The highest BCUT2D eigenvalue weighted by molar-refractivity contribution is 7.16. The Kier molecular flexibility index (Phi) is 4.04. The highest BCUT2D eigenvalue weighted by Crippen LogP contribution is 2.43. The number of benzene rings is 1. The highest BCUT2D eigenvalue weighted by Gasteiger charge is 2.33. The van der Waals surface area contributed by atoms with E-state index in [9.17, 15) is 9.90 Å². The normalized spacial score (nSPS) is 21.8. The second-order valence-electron chi connectivity index (χ2n) is 6.66. The fourth-order valence-corrected chi connectivity index (χ4v) is 5.20. The van der Waals surface area contributed by atoms with Crippen LogP contribution in [0.2, 0.25) is 5.02 Å². The summed E-state index contributed by atoms with van der Waals surface area (Å²) in [6.07, 6.45) is 2.70. The van der Waals surface area contributed by atoms with Crippen LogP contribution in [0.25, 0.3) is 0 Å². The first-order valence-electron chi connectivity index (χ1n) is 8.26. The molecule has 0 radical (unpaired) electrons. The van der Waals surface area contributed by atoms with Gasteiger partial charge < -0.3 is 20.5 Å². The summed E-state index contributed by atoms with van der Waals surface area (Å²) in [6.45, 7) is 2.25. The number of thiophene rings is 1. The Bertz CT molecular complexity index is 864. The summed E-state index contributed by atoms with van der Waals surface area (Å²) in [5.74, 6) is 0.778. The van der Waals surface area contributed by atoms with Gasteiger partial charge in [0.1, 0.15) is 11.2 Å². The predicted octanol–water partition coefficient (Wildman–Crippen LogP) is 4.09. The molecule has 7 heteroatoms. The van der Waals surface area contributed by atoms with Crippen molar-refractivity contribution in [3.05, 3.63) is 38.7 Å². The molecule has 25 heavy (non-hydrogen) atoms. The zero-order valence-electron chi connectivity index (χ0n) is 14.0. The molecule has 3 N–H and O–H groups in total. The number of anilines is 1. The van der Waals surface area contributed by atoms with Gasteiger partial charge >= 0.3 is 0 Å².